The van der Waals surface area contributed by atoms with Crippen molar-refractivity contribution in [1.82, 2.24) is 9.55 Å². The van der Waals surface area contributed by atoms with Gasteiger partial charge >= 0.3 is 5.97 Å². The van der Waals surface area contributed by atoms with E-state index in [0.29, 0.717) is 11.5 Å². The molecule has 0 saturated heterocycles. The number of fused-ring (bicyclic) bond motifs is 3. The van der Waals surface area contributed by atoms with Crippen molar-refractivity contribution in [1.29, 1.82) is 0 Å². The average Bonchev–Trinajstić information content (AvgIpc) is 3.15. The second-order valence-electron chi connectivity index (χ2n) is 7.47. The number of hydrogen-bond donors (Lipinski definition) is 1. The van der Waals surface area contributed by atoms with Gasteiger partial charge in [-0.15, -0.1) is 0 Å². The Kier molecular flexibility index (Phi) is 5.08. The van der Waals surface area contributed by atoms with E-state index in [4.69, 9.17) is 9.72 Å². The number of esters is 1. The van der Waals surface area contributed by atoms with E-state index in [-0.39, 0.29) is 18.6 Å². The molecule has 0 bridgehead atoms. The molecule has 1 aromatic heterocycles. The van der Waals surface area contributed by atoms with Crippen molar-refractivity contribution in [2.45, 2.75) is 19.6 Å². The Bertz CT molecular complexity index is 1290. The third-order valence-electron chi connectivity index (χ3n) is 5.45. The third-order valence-corrected chi connectivity index (χ3v) is 5.98. The molecule has 0 unspecified atom stereocenters. The predicted molar refractivity (Wildman–Crippen MR) is 125 cm³/mol. The highest BCUT2D eigenvalue weighted by Gasteiger charge is 2.34. The fraction of sp³-hybridized carbons (Fsp3) is 0.120. The van der Waals surface area contributed by atoms with Gasteiger partial charge in [-0.2, -0.15) is 0 Å². The van der Waals surface area contributed by atoms with Crippen molar-refractivity contribution in [2.24, 2.45) is 0 Å². The molecule has 0 fully saturated rings. The Morgan fingerprint density at radius 1 is 1.03 bits per heavy atom. The lowest BCUT2D eigenvalue weighted by Gasteiger charge is -2.30. The van der Waals surface area contributed by atoms with Gasteiger partial charge in [0.05, 0.1) is 22.6 Å². The maximum atomic E-state index is 13.3. The van der Waals surface area contributed by atoms with Crippen LogP contribution in [0.25, 0.3) is 11.0 Å². The number of nitrogens with zero attached hydrogens (tertiary/aromatic N) is 2. The van der Waals surface area contributed by atoms with Crippen LogP contribution in [-0.4, -0.2) is 15.5 Å². The molecule has 2 heterocycles. The number of nitrogens with one attached hydrogen (secondary N) is 1. The van der Waals surface area contributed by atoms with Crippen molar-refractivity contribution < 1.29 is 9.53 Å². The number of benzene rings is 3. The van der Waals surface area contributed by atoms with Crippen molar-refractivity contribution in [3.8, 4) is 0 Å². The van der Waals surface area contributed by atoms with Gasteiger partial charge in [0, 0.05) is 10.2 Å². The lowest BCUT2D eigenvalue weighted by molar-refractivity contribution is -0.140. The van der Waals surface area contributed by atoms with Crippen molar-refractivity contribution >= 4 is 38.9 Å². The molecule has 0 saturated carbocycles. The van der Waals surface area contributed by atoms with Crippen LogP contribution in [0.1, 0.15) is 24.1 Å². The minimum Gasteiger partial charge on any atom is -0.457 e. The fourth-order valence-electron chi connectivity index (χ4n) is 3.99. The molecule has 0 amide bonds. The minimum absolute atomic E-state index is 0.223. The highest BCUT2D eigenvalue weighted by atomic mass is 79.9. The van der Waals surface area contributed by atoms with Crippen molar-refractivity contribution in [3.63, 3.8) is 0 Å². The van der Waals surface area contributed by atoms with E-state index in [0.717, 1.165) is 32.3 Å². The van der Waals surface area contributed by atoms with Crippen LogP contribution in [0.3, 0.4) is 0 Å². The minimum atomic E-state index is -0.347. The highest BCUT2D eigenvalue weighted by Crippen LogP contribution is 2.39. The summed E-state index contributed by atoms with van der Waals surface area (Å²) in [4.78, 5) is 18.1. The second-order valence-corrected chi connectivity index (χ2v) is 8.39. The van der Waals surface area contributed by atoms with E-state index >= 15 is 0 Å². The number of ether oxygens (including phenoxy) is 1. The molecule has 4 aromatic rings. The normalized spacial score (nSPS) is 15.5. The standard InChI is InChI=1S/C25H20BrN3O2/c1-16-22(24(30)31-15-17-7-3-2-4-8-17)23(18-11-13-19(26)14-12-18)29-21-10-6-5-9-20(21)28-25(29)27-16/h2-14,23H,15H2,1H3,(H,27,28)/t23-/m0/s1. The van der Waals surface area contributed by atoms with Crippen LogP contribution in [0.4, 0.5) is 5.95 Å². The lowest BCUT2D eigenvalue weighted by atomic mass is 9.95. The topological polar surface area (TPSA) is 56.2 Å². The number of carbonyl (C=O) groups excluding carboxylic acids is 1. The van der Waals surface area contributed by atoms with Crippen LogP contribution in [0.15, 0.2) is 94.6 Å². The van der Waals surface area contributed by atoms with E-state index in [1.54, 1.807) is 0 Å². The number of hydrogen-bond acceptors (Lipinski definition) is 4. The molecule has 154 valence electrons. The first-order valence-corrected chi connectivity index (χ1v) is 10.8. The van der Waals surface area contributed by atoms with E-state index in [1.807, 2.05) is 85.8 Å². The second kappa shape index (κ2) is 8.04. The molecule has 3 aromatic carbocycles. The summed E-state index contributed by atoms with van der Waals surface area (Å²) in [7, 11) is 0. The van der Waals surface area contributed by atoms with Crippen LogP contribution in [0, 0.1) is 0 Å². The molecule has 0 radical (unpaired) electrons. The van der Waals surface area contributed by atoms with Gasteiger partial charge in [-0.25, -0.2) is 9.78 Å². The number of carbonyl (C=O) groups is 1. The number of rotatable bonds is 4. The predicted octanol–water partition coefficient (Wildman–Crippen LogP) is 5.83. The third kappa shape index (κ3) is 3.64. The first-order chi connectivity index (χ1) is 15.1. The van der Waals surface area contributed by atoms with Gasteiger partial charge < -0.3 is 10.1 Å². The summed E-state index contributed by atoms with van der Waals surface area (Å²) in [5.41, 5.74) is 5.09. The van der Waals surface area contributed by atoms with Gasteiger partial charge in [0.25, 0.3) is 0 Å². The molecule has 1 atom stereocenters. The maximum Gasteiger partial charge on any atom is 0.338 e. The summed E-state index contributed by atoms with van der Waals surface area (Å²) in [6.07, 6.45) is 0. The molecule has 31 heavy (non-hydrogen) atoms. The quantitative estimate of drug-likeness (QED) is 0.378. The molecule has 1 N–H and O–H groups in total. The summed E-state index contributed by atoms with van der Waals surface area (Å²) in [6.45, 7) is 2.12. The van der Waals surface area contributed by atoms with Gasteiger partial charge in [-0.1, -0.05) is 70.5 Å². The first kappa shape index (κ1) is 19.6. The SMILES string of the molecule is CC1=C(C(=O)OCc2ccccc2)[C@H](c2ccc(Br)cc2)n2c(nc3ccccc32)N1. The highest BCUT2D eigenvalue weighted by molar-refractivity contribution is 9.10. The van der Waals surface area contributed by atoms with Gasteiger partial charge in [0.15, 0.2) is 0 Å². The van der Waals surface area contributed by atoms with Gasteiger partial charge in [-0.3, -0.25) is 4.57 Å². The van der Waals surface area contributed by atoms with Crippen LogP contribution >= 0.6 is 15.9 Å². The number of anilines is 1. The zero-order valence-corrected chi connectivity index (χ0v) is 18.5. The van der Waals surface area contributed by atoms with Crippen molar-refractivity contribution in [3.05, 3.63) is 106 Å². The Labute approximate surface area is 188 Å². The smallest absolute Gasteiger partial charge is 0.338 e. The number of allylic oxidation sites excluding steroid dienone is 1. The Hall–Kier alpha value is -3.38. The number of halogens is 1. The number of imidazole rings is 1. The molecule has 0 spiro atoms. The van der Waals surface area contributed by atoms with Gasteiger partial charge in [0.2, 0.25) is 5.95 Å². The van der Waals surface area contributed by atoms with E-state index in [9.17, 15) is 4.79 Å². The largest absolute Gasteiger partial charge is 0.457 e. The summed E-state index contributed by atoms with van der Waals surface area (Å²) < 4.78 is 8.79. The van der Waals surface area contributed by atoms with E-state index < -0.39 is 0 Å². The zero-order valence-electron chi connectivity index (χ0n) is 16.9. The molecule has 5 nitrogen and oxygen atoms in total. The van der Waals surface area contributed by atoms with E-state index in [1.165, 1.54) is 0 Å². The first-order valence-electron chi connectivity index (χ1n) is 10.0. The van der Waals surface area contributed by atoms with Crippen molar-refractivity contribution in [2.75, 3.05) is 5.32 Å². The summed E-state index contributed by atoms with van der Waals surface area (Å²) in [6, 6.07) is 25.3. The summed E-state index contributed by atoms with van der Waals surface area (Å²) >= 11 is 3.50. The van der Waals surface area contributed by atoms with Crippen LogP contribution in [-0.2, 0) is 16.1 Å². The molecule has 1 aliphatic rings. The Morgan fingerprint density at radius 3 is 2.52 bits per heavy atom. The molecule has 6 heteroatoms. The van der Waals surface area contributed by atoms with Gasteiger partial charge in [0.1, 0.15) is 6.61 Å². The molecule has 1 aliphatic heterocycles. The van der Waals surface area contributed by atoms with Crippen LogP contribution in [0.2, 0.25) is 0 Å². The maximum absolute atomic E-state index is 13.3. The monoisotopic (exact) mass is 473 g/mol. The summed E-state index contributed by atoms with van der Waals surface area (Å²) in [5.74, 6) is 0.372. The summed E-state index contributed by atoms with van der Waals surface area (Å²) in [5, 5.41) is 3.31. The zero-order chi connectivity index (χ0) is 21.4. The number of aromatic nitrogens is 2. The average molecular weight is 474 g/mol. The Balaban J connectivity index is 1.59. The molecule has 0 aliphatic carbocycles. The van der Waals surface area contributed by atoms with E-state index in [2.05, 4.69) is 25.8 Å². The molecule has 5 rings (SSSR count). The molecular formula is C25H20BrN3O2. The Morgan fingerprint density at radius 2 is 1.74 bits per heavy atom. The number of para-hydroxylation sites is 2. The van der Waals surface area contributed by atoms with Crippen LogP contribution < -0.4 is 5.32 Å². The van der Waals surface area contributed by atoms with Gasteiger partial charge in [-0.05, 0) is 42.3 Å². The fourth-order valence-corrected chi connectivity index (χ4v) is 4.25. The molecular weight excluding hydrogens is 454 g/mol. The lowest BCUT2D eigenvalue weighted by Crippen LogP contribution is -2.28. The van der Waals surface area contributed by atoms with Crippen LogP contribution in [0.5, 0.6) is 0 Å².